The van der Waals surface area contributed by atoms with Crippen molar-refractivity contribution in [3.63, 3.8) is 0 Å². The number of hydrogen-bond donors (Lipinski definition) is 2. The Morgan fingerprint density at radius 3 is 2.39 bits per heavy atom. The van der Waals surface area contributed by atoms with Crippen molar-refractivity contribution in [3.8, 4) is 0 Å². The zero-order valence-electron chi connectivity index (χ0n) is 19.6. The van der Waals surface area contributed by atoms with Gasteiger partial charge in [-0.3, -0.25) is 9.59 Å². The number of carbonyl (C=O) groups is 2. The van der Waals surface area contributed by atoms with E-state index in [1.54, 1.807) is 0 Å². The van der Waals surface area contributed by atoms with E-state index in [0.29, 0.717) is 5.92 Å². The lowest BCUT2D eigenvalue weighted by molar-refractivity contribution is -0.139. The zero-order valence-corrected chi connectivity index (χ0v) is 19.6. The number of rotatable bonds is 9. The van der Waals surface area contributed by atoms with E-state index in [0.717, 1.165) is 58.0 Å². The molecule has 0 spiro atoms. The van der Waals surface area contributed by atoms with Crippen LogP contribution in [0.15, 0.2) is 30.3 Å². The molecular formula is C26H41N3O2. The highest BCUT2D eigenvalue weighted by Gasteiger charge is 2.37. The van der Waals surface area contributed by atoms with Crippen molar-refractivity contribution in [2.45, 2.75) is 96.2 Å². The Labute approximate surface area is 188 Å². The Kier molecular flexibility index (Phi) is 8.94. The second-order valence-corrected chi connectivity index (χ2v) is 9.68. The first-order valence-electron chi connectivity index (χ1n) is 12.4. The van der Waals surface area contributed by atoms with Gasteiger partial charge < -0.3 is 15.5 Å². The summed E-state index contributed by atoms with van der Waals surface area (Å²) in [6.45, 7) is 7.85. The van der Waals surface area contributed by atoms with Crippen molar-refractivity contribution < 1.29 is 9.59 Å². The van der Waals surface area contributed by atoms with Gasteiger partial charge in [-0.25, -0.2) is 0 Å². The number of benzene rings is 1. The van der Waals surface area contributed by atoms with Crippen LogP contribution in [-0.4, -0.2) is 47.9 Å². The Hall–Kier alpha value is -1.88. The third-order valence-electron chi connectivity index (χ3n) is 7.31. The summed E-state index contributed by atoms with van der Waals surface area (Å²) in [6.07, 6.45) is 8.73. The maximum absolute atomic E-state index is 13.4. The molecule has 1 aromatic rings. The first-order valence-corrected chi connectivity index (χ1v) is 12.4. The second kappa shape index (κ2) is 11.7. The molecule has 1 aromatic carbocycles. The number of nitrogens with zero attached hydrogens (tertiary/aromatic N) is 1. The van der Waals surface area contributed by atoms with Crippen LogP contribution in [0.1, 0.15) is 83.6 Å². The van der Waals surface area contributed by atoms with Crippen molar-refractivity contribution in [1.29, 1.82) is 0 Å². The van der Waals surface area contributed by atoms with Crippen LogP contribution in [-0.2, 0) is 9.59 Å². The molecule has 1 heterocycles. The summed E-state index contributed by atoms with van der Waals surface area (Å²) in [5.41, 5.74) is 1.32. The van der Waals surface area contributed by atoms with Crippen LogP contribution in [0.5, 0.6) is 0 Å². The molecule has 2 aliphatic rings. The summed E-state index contributed by atoms with van der Waals surface area (Å²) in [6, 6.07) is 10.1. The molecule has 5 heteroatoms. The van der Waals surface area contributed by atoms with Gasteiger partial charge in [-0.05, 0) is 69.9 Å². The molecule has 1 saturated heterocycles. The lowest BCUT2D eigenvalue weighted by Crippen LogP contribution is -2.56. The highest BCUT2D eigenvalue weighted by atomic mass is 16.2. The molecule has 1 saturated carbocycles. The molecular weight excluding hydrogens is 386 g/mol. The first-order chi connectivity index (χ1) is 15.0. The molecule has 2 N–H and O–H groups in total. The van der Waals surface area contributed by atoms with Crippen LogP contribution in [0.4, 0.5) is 0 Å². The molecule has 172 valence electrons. The Morgan fingerprint density at radius 2 is 1.74 bits per heavy atom. The number of amides is 2. The molecule has 4 unspecified atom stereocenters. The maximum atomic E-state index is 13.4. The number of likely N-dealkylation sites (tertiary alicyclic amines) is 1. The van der Waals surface area contributed by atoms with Gasteiger partial charge in [0.15, 0.2) is 0 Å². The molecule has 1 aliphatic carbocycles. The number of hydrogen-bond acceptors (Lipinski definition) is 3. The first kappa shape index (κ1) is 23.8. The summed E-state index contributed by atoms with van der Waals surface area (Å²) < 4.78 is 0. The fourth-order valence-corrected chi connectivity index (χ4v) is 5.12. The maximum Gasteiger partial charge on any atom is 0.245 e. The van der Waals surface area contributed by atoms with E-state index < -0.39 is 0 Å². The van der Waals surface area contributed by atoms with Crippen LogP contribution in [0, 0.1) is 5.92 Å². The van der Waals surface area contributed by atoms with E-state index in [1.807, 2.05) is 17.9 Å². The summed E-state index contributed by atoms with van der Waals surface area (Å²) in [5.74, 6) is 0.791. The van der Waals surface area contributed by atoms with Crippen LogP contribution in [0.25, 0.3) is 0 Å². The largest absolute Gasteiger partial charge is 0.343 e. The van der Waals surface area contributed by atoms with Crippen LogP contribution < -0.4 is 10.6 Å². The van der Waals surface area contributed by atoms with Gasteiger partial charge in [0.25, 0.3) is 0 Å². The molecule has 4 atom stereocenters. The van der Waals surface area contributed by atoms with Crippen molar-refractivity contribution in [3.05, 3.63) is 35.9 Å². The summed E-state index contributed by atoms with van der Waals surface area (Å²) in [4.78, 5) is 28.4. The summed E-state index contributed by atoms with van der Waals surface area (Å²) in [5, 5.41) is 6.53. The SMILES string of the molecule is CC(NCCC(C)c1ccccc1)C(=O)NC(C(=O)N1CCCC1C)C1CCCCC1. The molecule has 0 aromatic heterocycles. The third-order valence-corrected chi connectivity index (χ3v) is 7.31. The van der Waals surface area contributed by atoms with E-state index in [9.17, 15) is 9.59 Å². The minimum atomic E-state index is -0.374. The monoisotopic (exact) mass is 427 g/mol. The van der Waals surface area contributed by atoms with Crippen LogP contribution in [0.3, 0.4) is 0 Å². The van der Waals surface area contributed by atoms with Gasteiger partial charge in [0, 0.05) is 12.6 Å². The van der Waals surface area contributed by atoms with E-state index in [1.165, 1.54) is 12.0 Å². The van der Waals surface area contributed by atoms with E-state index >= 15 is 0 Å². The molecule has 2 amide bonds. The van der Waals surface area contributed by atoms with Gasteiger partial charge in [-0.2, -0.15) is 0 Å². The Morgan fingerprint density at radius 1 is 1.03 bits per heavy atom. The van der Waals surface area contributed by atoms with Crippen molar-refractivity contribution in [1.82, 2.24) is 15.5 Å². The topological polar surface area (TPSA) is 61.4 Å². The van der Waals surface area contributed by atoms with Gasteiger partial charge in [0.1, 0.15) is 6.04 Å². The van der Waals surface area contributed by atoms with Gasteiger partial charge in [-0.15, -0.1) is 0 Å². The Bertz CT molecular complexity index is 702. The van der Waals surface area contributed by atoms with Crippen LogP contribution >= 0.6 is 0 Å². The normalized spacial score (nSPS) is 22.7. The number of nitrogens with one attached hydrogen (secondary N) is 2. The fraction of sp³-hybridized carbons (Fsp3) is 0.692. The minimum absolute atomic E-state index is 0.0527. The predicted octanol–water partition coefficient (Wildman–Crippen LogP) is 4.23. The molecule has 31 heavy (non-hydrogen) atoms. The van der Waals surface area contributed by atoms with Gasteiger partial charge in [-0.1, -0.05) is 56.5 Å². The minimum Gasteiger partial charge on any atom is -0.343 e. The highest BCUT2D eigenvalue weighted by Crippen LogP contribution is 2.29. The average Bonchev–Trinajstić information content (AvgIpc) is 3.23. The third kappa shape index (κ3) is 6.55. The lowest BCUT2D eigenvalue weighted by Gasteiger charge is -2.34. The zero-order chi connectivity index (χ0) is 22.2. The molecule has 2 fully saturated rings. The van der Waals surface area contributed by atoms with Gasteiger partial charge >= 0.3 is 0 Å². The molecule has 3 rings (SSSR count). The standard InChI is InChI=1S/C26H41N3O2/c1-19(22-12-6-4-7-13-22)16-17-27-21(3)25(30)28-24(23-14-8-5-9-15-23)26(31)29-18-10-11-20(29)2/h4,6-7,12-13,19-21,23-24,27H,5,8-11,14-18H2,1-3H3,(H,28,30). The summed E-state index contributed by atoms with van der Waals surface area (Å²) >= 11 is 0. The van der Waals surface area contributed by atoms with E-state index in [-0.39, 0.29) is 35.9 Å². The van der Waals surface area contributed by atoms with E-state index in [2.05, 4.69) is 48.7 Å². The number of carbonyl (C=O) groups excluding carboxylic acids is 2. The molecule has 1 aliphatic heterocycles. The van der Waals surface area contributed by atoms with Gasteiger partial charge in [0.05, 0.1) is 6.04 Å². The summed E-state index contributed by atoms with van der Waals surface area (Å²) in [7, 11) is 0. The van der Waals surface area contributed by atoms with Crippen molar-refractivity contribution >= 4 is 11.8 Å². The van der Waals surface area contributed by atoms with Crippen LogP contribution in [0.2, 0.25) is 0 Å². The molecule has 5 nitrogen and oxygen atoms in total. The molecule has 0 bridgehead atoms. The van der Waals surface area contributed by atoms with Gasteiger partial charge in [0.2, 0.25) is 11.8 Å². The smallest absolute Gasteiger partial charge is 0.245 e. The average molecular weight is 428 g/mol. The fourth-order valence-electron chi connectivity index (χ4n) is 5.12. The second-order valence-electron chi connectivity index (χ2n) is 9.68. The Balaban J connectivity index is 1.54. The predicted molar refractivity (Wildman–Crippen MR) is 126 cm³/mol. The highest BCUT2D eigenvalue weighted by molar-refractivity contribution is 5.90. The van der Waals surface area contributed by atoms with Crippen molar-refractivity contribution in [2.75, 3.05) is 13.1 Å². The lowest BCUT2D eigenvalue weighted by atomic mass is 9.83. The van der Waals surface area contributed by atoms with Crippen molar-refractivity contribution in [2.24, 2.45) is 5.92 Å². The van der Waals surface area contributed by atoms with E-state index in [4.69, 9.17) is 0 Å². The molecule has 0 radical (unpaired) electrons. The quantitative estimate of drug-likeness (QED) is 0.620.